The van der Waals surface area contributed by atoms with E-state index in [0.717, 1.165) is 18.0 Å². The second-order valence-electron chi connectivity index (χ2n) is 4.99. The van der Waals surface area contributed by atoms with Crippen molar-refractivity contribution < 1.29 is 0 Å². The summed E-state index contributed by atoms with van der Waals surface area (Å²) in [6, 6.07) is 4.23. The van der Waals surface area contributed by atoms with Crippen LogP contribution in [-0.2, 0) is 6.42 Å². The second-order valence-corrected chi connectivity index (χ2v) is 6.14. The van der Waals surface area contributed by atoms with Gasteiger partial charge in [0, 0.05) is 12.4 Å². The van der Waals surface area contributed by atoms with Crippen molar-refractivity contribution in [2.24, 2.45) is 5.92 Å². The predicted octanol–water partition coefficient (Wildman–Crippen LogP) is 3.33. The SMILES string of the molecule is Cc1ccc2nc(CC3CCCSC3)cn2c1. The molecular formula is C14H18N2S. The van der Waals surface area contributed by atoms with E-state index in [1.54, 1.807) is 0 Å². The number of thioether (sulfide) groups is 1. The van der Waals surface area contributed by atoms with Crippen molar-refractivity contribution >= 4 is 17.4 Å². The molecule has 0 radical (unpaired) electrons. The van der Waals surface area contributed by atoms with Crippen LogP contribution < -0.4 is 0 Å². The molecule has 0 amide bonds. The minimum atomic E-state index is 0.833. The van der Waals surface area contributed by atoms with Gasteiger partial charge in [-0.25, -0.2) is 4.98 Å². The van der Waals surface area contributed by atoms with Crippen molar-refractivity contribution in [3.05, 3.63) is 35.8 Å². The fraction of sp³-hybridized carbons (Fsp3) is 0.500. The van der Waals surface area contributed by atoms with Gasteiger partial charge in [-0.2, -0.15) is 11.8 Å². The number of hydrogen-bond acceptors (Lipinski definition) is 2. The lowest BCUT2D eigenvalue weighted by Crippen LogP contribution is -2.13. The fourth-order valence-electron chi connectivity index (χ4n) is 2.52. The Hall–Kier alpha value is -0.960. The lowest BCUT2D eigenvalue weighted by atomic mass is 10.00. The van der Waals surface area contributed by atoms with E-state index < -0.39 is 0 Å². The van der Waals surface area contributed by atoms with Gasteiger partial charge in [0.05, 0.1) is 5.69 Å². The zero-order chi connectivity index (χ0) is 11.7. The lowest BCUT2D eigenvalue weighted by Gasteiger charge is -2.19. The number of imidazole rings is 1. The van der Waals surface area contributed by atoms with E-state index in [2.05, 4.69) is 47.6 Å². The number of pyridine rings is 1. The number of hydrogen-bond donors (Lipinski definition) is 0. The molecule has 3 heteroatoms. The maximum Gasteiger partial charge on any atom is 0.136 e. The topological polar surface area (TPSA) is 17.3 Å². The Bertz CT molecular complexity index is 512. The maximum atomic E-state index is 4.70. The molecule has 1 fully saturated rings. The first-order valence-corrected chi connectivity index (χ1v) is 7.49. The molecule has 3 rings (SSSR count). The van der Waals surface area contributed by atoms with Crippen LogP contribution in [0.5, 0.6) is 0 Å². The van der Waals surface area contributed by atoms with Crippen molar-refractivity contribution in [1.82, 2.24) is 9.38 Å². The average Bonchev–Trinajstić information content (AvgIpc) is 2.71. The van der Waals surface area contributed by atoms with Gasteiger partial charge in [0.25, 0.3) is 0 Å². The molecule has 0 aliphatic carbocycles. The van der Waals surface area contributed by atoms with Gasteiger partial charge < -0.3 is 4.40 Å². The molecule has 0 bridgehead atoms. The van der Waals surface area contributed by atoms with Gasteiger partial charge in [-0.05, 0) is 55.2 Å². The van der Waals surface area contributed by atoms with Gasteiger partial charge in [-0.15, -0.1) is 0 Å². The standard InChI is InChI=1S/C14H18N2S/c1-11-4-5-14-15-13(9-16(14)8-11)7-12-3-2-6-17-10-12/h4-5,8-9,12H,2-3,6-7,10H2,1H3. The first kappa shape index (κ1) is 11.1. The number of aryl methyl sites for hydroxylation is 1. The fourth-order valence-corrected chi connectivity index (χ4v) is 3.67. The van der Waals surface area contributed by atoms with Crippen molar-refractivity contribution in [3.63, 3.8) is 0 Å². The maximum absolute atomic E-state index is 4.70. The molecule has 2 aromatic heterocycles. The van der Waals surface area contributed by atoms with Gasteiger partial charge in [-0.1, -0.05) is 6.07 Å². The van der Waals surface area contributed by atoms with Crippen LogP contribution in [0.2, 0.25) is 0 Å². The minimum absolute atomic E-state index is 0.833. The second kappa shape index (κ2) is 4.73. The third-order valence-corrected chi connectivity index (χ3v) is 4.69. The Balaban J connectivity index is 1.80. The minimum Gasteiger partial charge on any atom is -0.307 e. The van der Waals surface area contributed by atoms with Gasteiger partial charge in [0.15, 0.2) is 0 Å². The molecule has 0 N–H and O–H groups in total. The van der Waals surface area contributed by atoms with Crippen LogP contribution in [0.3, 0.4) is 0 Å². The molecule has 2 nitrogen and oxygen atoms in total. The first-order chi connectivity index (χ1) is 8.31. The third kappa shape index (κ3) is 2.49. The Labute approximate surface area is 106 Å². The molecule has 1 unspecified atom stereocenters. The van der Waals surface area contributed by atoms with E-state index in [0.29, 0.717) is 0 Å². The molecule has 3 heterocycles. The molecule has 1 aliphatic rings. The monoisotopic (exact) mass is 246 g/mol. The van der Waals surface area contributed by atoms with E-state index in [9.17, 15) is 0 Å². The van der Waals surface area contributed by atoms with Crippen LogP contribution in [0.1, 0.15) is 24.1 Å². The van der Waals surface area contributed by atoms with E-state index in [-0.39, 0.29) is 0 Å². The largest absolute Gasteiger partial charge is 0.307 e. The van der Waals surface area contributed by atoms with Gasteiger partial charge in [0.2, 0.25) is 0 Å². The molecule has 0 saturated carbocycles. The van der Waals surface area contributed by atoms with Crippen LogP contribution >= 0.6 is 11.8 Å². The highest BCUT2D eigenvalue weighted by Crippen LogP contribution is 2.25. The van der Waals surface area contributed by atoms with Crippen molar-refractivity contribution in [2.45, 2.75) is 26.2 Å². The van der Waals surface area contributed by atoms with Crippen molar-refractivity contribution in [2.75, 3.05) is 11.5 Å². The summed E-state index contributed by atoms with van der Waals surface area (Å²) in [7, 11) is 0. The van der Waals surface area contributed by atoms with Crippen LogP contribution in [0, 0.1) is 12.8 Å². The van der Waals surface area contributed by atoms with Crippen LogP contribution in [0.15, 0.2) is 24.5 Å². The van der Waals surface area contributed by atoms with E-state index >= 15 is 0 Å². The van der Waals surface area contributed by atoms with Gasteiger partial charge >= 0.3 is 0 Å². The van der Waals surface area contributed by atoms with Crippen molar-refractivity contribution in [3.8, 4) is 0 Å². The van der Waals surface area contributed by atoms with Gasteiger partial charge in [0.1, 0.15) is 5.65 Å². The molecule has 1 aliphatic heterocycles. The quantitative estimate of drug-likeness (QED) is 0.808. The summed E-state index contributed by atoms with van der Waals surface area (Å²) in [5.74, 6) is 3.49. The highest BCUT2D eigenvalue weighted by Gasteiger charge is 2.15. The molecular weight excluding hydrogens is 228 g/mol. The molecule has 1 saturated heterocycles. The highest BCUT2D eigenvalue weighted by molar-refractivity contribution is 7.99. The summed E-state index contributed by atoms with van der Waals surface area (Å²) in [4.78, 5) is 4.70. The van der Waals surface area contributed by atoms with Crippen LogP contribution in [0.25, 0.3) is 5.65 Å². The zero-order valence-corrected chi connectivity index (χ0v) is 11.0. The van der Waals surface area contributed by atoms with Gasteiger partial charge in [-0.3, -0.25) is 0 Å². The highest BCUT2D eigenvalue weighted by atomic mass is 32.2. The molecule has 0 aromatic carbocycles. The first-order valence-electron chi connectivity index (χ1n) is 6.33. The summed E-state index contributed by atoms with van der Waals surface area (Å²) >= 11 is 2.10. The molecule has 2 aromatic rings. The number of rotatable bonds is 2. The summed E-state index contributed by atoms with van der Waals surface area (Å²) in [5, 5.41) is 0. The number of nitrogens with zero attached hydrogens (tertiary/aromatic N) is 2. The summed E-state index contributed by atoms with van der Waals surface area (Å²) in [6.07, 6.45) is 8.25. The number of fused-ring (bicyclic) bond motifs is 1. The zero-order valence-electron chi connectivity index (χ0n) is 10.2. The van der Waals surface area contributed by atoms with Crippen LogP contribution in [0.4, 0.5) is 0 Å². The lowest BCUT2D eigenvalue weighted by molar-refractivity contribution is 0.516. The average molecular weight is 246 g/mol. The third-order valence-electron chi connectivity index (χ3n) is 3.40. The smallest absolute Gasteiger partial charge is 0.136 e. The Morgan fingerprint density at radius 3 is 3.18 bits per heavy atom. The predicted molar refractivity (Wildman–Crippen MR) is 73.7 cm³/mol. The Kier molecular flexibility index (Phi) is 3.10. The van der Waals surface area contributed by atoms with E-state index in [1.807, 2.05) is 0 Å². The Morgan fingerprint density at radius 1 is 1.41 bits per heavy atom. The molecule has 1 atom stereocenters. The molecule has 0 spiro atoms. The van der Waals surface area contributed by atoms with E-state index in [4.69, 9.17) is 4.98 Å². The molecule has 17 heavy (non-hydrogen) atoms. The summed E-state index contributed by atoms with van der Waals surface area (Å²) in [5.41, 5.74) is 3.62. The Morgan fingerprint density at radius 2 is 2.35 bits per heavy atom. The normalized spacial score (nSPS) is 20.9. The molecule has 90 valence electrons. The summed E-state index contributed by atoms with van der Waals surface area (Å²) in [6.45, 7) is 2.12. The van der Waals surface area contributed by atoms with Crippen molar-refractivity contribution in [1.29, 1.82) is 0 Å². The van der Waals surface area contributed by atoms with Crippen LogP contribution in [-0.4, -0.2) is 20.9 Å². The number of aromatic nitrogens is 2. The van der Waals surface area contributed by atoms with E-state index in [1.165, 1.54) is 35.6 Å². The summed E-state index contributed by atoms with van der Waals surface area (Å²) < 4.78 is 2.15.